The van der Waals surface area contributed by atoms with E-state index in [0.29, 0.717) is 12.4 Å². The number of aryl methyl sites for hydroxylation is 1. The Morgan fingerprint density at radius 2 is 2.16 bits per heavy atom. The molecule has 0 radical (unpaired) electrons. The van der Waals surface area contributed by atoms with Crippen LogP contribution in [-0.4, -0.2) is 33.4 Å². The molecule has 0 aromatic carbocycles. The molecule has 0 bridgehead atoms. The van der Waals surface area contributed by atoms with Gasteiger partial charge in [-0.15, -0.1) is 0 Å². The Morgan fingerprint density at radius 3 is 2.74 bits per heavy atom. The molecule has 1 N–H and O–H groups in total. The molecule has 0 saturated heterocycles. The van der Waals surface area contributed by atoms with Gasteiger partial charge in [-0.2, -0.15) is 5.10 Å². The van der Waals surface area contributed by atoms with E-state index in [9.17, 15) is 0 Å². The summed E-state index contributed by atoms with van der Waals surface area (Å²) in [5, 5.41) is 7.44. The summed E-state index contributed by atoms with van der Waals surface area (Å²) in [4.78, 5) is 9.04. The Hall–Kier alpha value is -1.95. The quantitative estimate of drug-likeness (QED) is 0.888. The van der Waals surface area contributed by atoms with Gasteiger partial charge in [-0.3, -0.25) is 4.68 Å². The van der Waals surface area contributed by atoms with Crippen LogP contribution in [0.15, 0.2) is 12.3 Å². The van der Waals surface area contributed by atoms with Crippen molar-refractivity contribution in [2.75, 3.05) is 19.0 Å². The largest absolute Gasteiger partial charge is 0.378 e. The van der Waals surface area contributed by atoms with Crippen LogP contribution in [0.25, 0.3) is 11.4 Å². The van der Waals surface area contributed by atoms with Crippen LogP contribution in [-0.2, 0) is 18.4 Å². The van der Waals surface area contributed by atoms with E-state index in [4.69, 9.17) is 4.74 Å². The van der Waals surface area contributed by atoms with Crippen LogP contribution in [0.5, 0.6) is 0 Å². The Labute approximate surface area is 112 Å². The van der Waals surface area contributed by atoms with Crippen molar-refractivity contribution in [1.82, 2.24) is 19.7 Å². The van der Waals surface area contributed by atoms with Gasteiger partial charge in [0.2, 0.25) is 0 Å². The first kappa shape index (κ1) is 13.5. The molecule has 0 aliphatic heterocycles. The standard InChI is InChI=1S/C13H19N5O/c1-5-14-12-6-10(8-19-4)16-13(17-12)11-7-15-18(3)9(11)2/h6-7H,5,8H2,1-4H3,(H,14,16,17). The fourth-order valence-corrected chi connectivity index (χ4v) is 1.83. The van der Waals surface area contributed by atoms with Gasteiger partial charge in [0.25, 0.3) is 0 Å². The van der Waals surface area contributed by atoms with E-state index >= 15 is 0 Å². The second-order valence-corrected chi connectivity index (χ2v) is 4.30. The van der Waals surface area contributed by atoms with E-state index in [1.807, 2.05) is 31.6 Å². The van der Waals surface area contributed by atoms with E-state index in [2.05, 4.69) is 20.4 Å². The maximum Gasteiger partial charge on any atom is 0.165 e. The highest BCUT2D eigenvalue weighted by atomic mass is 16.5. The topological polar surface area (TPSA) is 64.9 Å². The Morgan fingerprint density at radius 1 is 1.37 bits per heavy atom. The summed E-state index contributed by atoms with van der Waals surface area (Å²) in [6, 6.07) is 1.90. The van der Waals surface area contributed by atoms with Crippen molar-refractivity contribution in [2.24, 2.45) is 7.05 Å². The smallest absolute Gasteiger partial charge is 0.165 e. The van der Waals surface area contributed by atoms with E-state index in [0.717, 1.165) is 29.3 Å². The fourth-order valence-electron chi connectivity index (χ4n) is 1.83. The zero-order chi connectivity index (χ0) is 13.8. The van der Waals surface area contributed by atoms with Crippen LogP contribution in [0, 0.1) is 6.92 Å². The highest BCUT2D eigenvalue weighted by Crippen LogP contribution is 2.21. The number of hydrogen-bond acceptors (Lipinski definition) is 5. The average molecular weight is 261 g/mol. The first-order valence-corrected chi connectivity index (χ1v) is 6.25. The van der Waals surface area contributed by atoms with Crippen LogP contribution in [0.4, 0.5) is 5.82 Å². The summed E-state index contributed by atoms with van der Waals surface area (Å²) in [6.07, 6.45) is 1.79. The predicted molar refractivity (Wildman–Crippen MR) is 73.8 cm³/mol. The number of nitrogens with zero attached hydrogens (tertiary/aromatic N) is 4. The molecule has 0 fully saturated rings. The lowest BCUT2D eigenvalue weighted by atomic mass is 10.2. The Balaban J connectivity index is 2.46. The van der Waals surface area contributed by atoms with Gasteiger partial charge in [-0.1, -0.05) is 0 Å². The predicted octanol–water partition coefficient (Wildman–Crippen LogP) is 1.76. The van der Waals surface area contributed by atoms with Crippen molar-refractivity contribution in [3.63, 3.8) is 0 Å². The van der Waals surface area contributed by atoms with Gasteiger partial charge in [-0.05, 0) is 13.8 Å². The lowest BCUT2D eigenvalue weighted by molar-refractivity contribution is 0.181. The number of rotatable bonds is 5. The molecule has 0 aliphatic rings. The van der Waals surface area contributed by atoms with E-state index in [1.54, 1.807) is 13.3 Å². The molecular weight excluding hydrogens is 242 g/mol. The number of nitrogens with one attached hydrogen (secondary N) is 1. The zero-order valence-electron chi connectivity index (χ0n) is 11.8. The summed E-state index contributed by atoms with van der Waals surface area (Å²) in [5.41, 5.74) is 2.84. The molecule has 6 heteroatoms. The molecule has 0 atom stereocenters. The van der Waals surface area contributed by atoms with Gasteiger partial charge in [0.05, 0.1) is 24.1 Å². The SMILES string of the molecule is CCNc1cc(COC)nc(-c2cnn(C)c2C)n1. The normalized spacial score (nSPS) is 10.7. The van der Waals surface area contributed by atoms with Crippen molar-refractivity contribution in [1.29, 1.82) is 0 Å². The molecule has 102 valence electrons. The number of ether oxygens (including phenoxy) is 1. The van der Waals surface area contributed by atoms with Gasteiger partial charge in [0, 0.05) is 32.5 Å². The molecular formula is C13H19N5O. The number of methoxy groups -OCH3 is 1. The maximum absolute atomic E-state index is 5.15. The molecule has 2 heterocycles. The van der Waals surface area contributed by atoms with Crippen molar-refractivity contribution in [3.8, 4) is 11.4 Å². The van der Waals surface area contributed by atoms with Crippen LogP contribution >= 0.6 is 0 Å². The molecule has 2 aromatic heterocycles. The number of aromatic nitrogens is 4. The van der Waals surface area contributed by atoms with E-state index in [-0.39, 0.29) is 0 Å². The second-order valence-electron chi connectivity index (χ2n) is 4.30. The van der Waals surface area contributed by atoms with Crippen molar-refractivity contribution < 1.29 is 4.74 Å². The molecule has 6 nitrogen and oxygen atoms in total. The van der Waals surface area contributed by atoms with E-state index < -0.39 is 0 Å². The van der Waals surface area contributed by atoms with Crippen LogP contribution in [0.3, 0.4) is 0 Å². The monoisotopic (exact) mass is 261 g/mol. The minimum Gasteiger partial charge on any atom is -0.378 e. The van der Waals surface area contributed by atoms with Crippen molar-refractivity contribution >= 4 is 5.82 Å². The fraction of sp³-hybridized carbons (Fsp3) is 0.462. The number of hydrogen-bond donors (Lipinski definition) is 1. The molecule has 0 saturated carbocycles. The third-order valence-corrected chi connectivity index (χ3v) is 2.91. The summed E-state index contributed by atoms with van der Waals surface area (Å²) < 4.78 is 6.96. The lowest BCUT2D eigenvalue weighted by Crippen LogP contribution is -2.05. The van der Waals surface area contributed by atoms with Gasteiger partial charge < -0.3 is 10.1 Å². The zero-order valence-corrected chi connectivity index (χ0v) is 11.8. The van der Waals surface area contributed by atoms with Crippen molar-refractivity contribution in [3.05, 3.63) is 23.7 Å². The molecule has 0 spiro atoms. The Bertz CT molecular complexity index is 540. The summed E-state index contributed by atoms with van der Waals surface area (Å²) in [5.74, 6) is 1.49. The molecule has 2 rings (SSSR count). The van der Waals surface area contributed by atoms with Crippen LogP contribution in [0.1, 0.15) is 18.3 Å². The minimum absolute atomic E-state index is 0.466. The van der Waals surface area contributed by atoms with E-state index in [1.165, 1.54) is 0 Å². The minimum atomic E-state index is 0.466. The first-order valence-electron chi connectivity index (χ1n) is 6.25. The van der Waals surface area contributed by atoms with Gasteiger partial charge in [-0.25, -0.2) is 9.97 Å². The molecule has 0 amide bonds. The lowest BCUT2D eigenvalue weighted by Gasteiger charge is -2.08. The Kier molecular flexibility index (Phi) is 4.11. The van der Waals surface area contributed by atoms with Gasteiger partial charge >= 0.3 is 0 Å². The van der Waals surface area contributed by atoms with Gasteiger partial charge in [0.15, 0.2) is 5.82 Å². The summed E-state index contributed by atoms with van der Waals surface area (Å²) in [7, 11) is 3.56. The molecule has 0 unspecified atom stereocenters. The van der Waals surface area contributed by atoms with Crippen LogP contribution < -0.4 is 5.32 Å². The van der Waals surface area contributed by atoms with Gasteiger partial charge in [0.1, 0.15) is 5.82 Å². The number of anilines is 1. The third kappa shape index (κ3) is 2.90. The maximum atomic E-state index is 5.15. The van der Waals surface area contributed by atoms with Crippen molar-refractivity contribution in [2.45, 2.75) is 20.5 Å². The molecule has 19 heavy (non-hydrogen) atoms. The average Bonchev–Trinajstić information content (AvgIpc) is 2.71. The highest BCUT2D eigenvalue weighted by Gasteiger charge is 2.12. The first-order chi connectivity index (χ1) is 9.15. The molecule has 2 aromatic rings. The van der Waals surface area contributed by atoms with Crippen LogP contribution in [0.2, 0.25) is 0 Å². The highest BCUT2D eigenvalue weighted by molar-refractivity contribution is 5.59. The summed E-state index contributed by atoms with van der Waals surface area (Å²) >= 11 is 0. The molecule has 0 aliphatic carbocycles. The second kappa shape index (κ2) is 5.79. The third-order valence-electron chi connectivity index (χ3n) is 2.91. The summed E-state index contributed by atoms with van der Waals surface area (Å²) in [6.45, 7) is 5.32.